The molecule has 27 heavy (non-hydrogen) atoms. The molecule has 0 unspecified atom stereocenters. The van der Waals surface area contributed by atoms with Gasteiger partial charge in [-0.05, 0) is 62.8 Å². The SMILES string of the molecule is CSC1=NC(=Nc2cccc(C)c2)C2(CCCC2)N1c1ccc(C)cc1.I. The van der Waals surface area contributed by atoms with E-state index < -0.39 is 0 Å². The second-order valence-electron chi connectivity index (χ2n) is 7.28. The molecular formula is C22H26IN3S. The second kappa shape index (κ2) is 8.35. The van der Waals surface area contributed by atoms with Crippen LogP contribution >= 0.6 is 35.7 Å². The molecule has 1 aliphatic carbocycles. The highest BCUT2D eigenvalue weighted by Gasteiger charge is 2.50. The molecule has 0 aromatic heterocycles. The van der Waals surface area contributed by atoms with Gasteiger partial charge < -0.3 is 4.90 Å². The largest absolute Gasteiger partial charge is 0.307 e. The van der Waals surface area contributed by atoms with E-state index in [1.165, 1.54) is 29.7 Å². The normalized spacial score (nSPS) is 19.4. The summed E-state index contributed by atoms with van der Waals surface area (Å²) in [6.07, 6.45) is 6.79. The Labute approximate surface area is 183 Å². The van der Waals surface area contributed by atoms with Crippen molar-refractivity contribution in [3.8, 4) is 0 Å². The van der Waals surface area contributed by atoms with Crippen molar-refractivity contribution in [2.45, 2.75) is 45.1 Å². The molecule has 4 rings (SSSR count). The Kier molecular flexibility index (Phi) is 6.31. The van der Waals surface area contributed by atoms with Crippen molar-refractivity contribution in [2.24, 2.45) is 9.98 Å². The number of anilines is 1. The first kappa shape index (κ1) is 20.4. The van der Waals surface area contributed by atoms with Gasteiger partial charge in [-0.15, -0.1) is 24.0 Å². The fourth-order valence-electron chi connectivity index (χ4n) is 4.07. The summed E-state index contributed by atoms with van der Waals surface area (Å²) in [6.45, 7) is 4.24. The van der Waals surface area contributed by atoms with E-state index >= 15 is 0 Å². The Morgan fingerprint density at radius 1 is 1.00 bits per heavy atom. The predicted octanol–water partition coefficient (Wildman–Crippen LogP) is 6.50. The molecule has 2 aromatic carbocycles. The van der Waals surface area contributed by atoms with Gasteiger partial charge in [0, 0.05) is 5.69 Å². The van der Waals surface area contributed by atoms with E-state index in [9.17, 15) is 0 Å². The summed E-state index contributed by atoms with van der Waals surface area (Å²) in [4.78, 5) is 12.5. The van der Waals surface area contributed by atoms with E-state index in [1.807, 2.05) is 0 Å². The molecule has 0 amide bonds. The number of aliphatic imine (C=N–C) groups is 2. The first-order valence-electron chi connectivity index (χ1n) is 9.28. The van der Waals surface area contributed by atoms with Crippen molar-refractivity contribution in [3.63, 3.8) is 0 Å². The summed E-state index contributed by atoms with van der Waals surface area (Å²) in [5, 5.41) is 1.06. The molecule has 2 aliphatic rings. The van der Waals surface area contributed by atoms with Gasteiger partial charge in [0.15, 0.2) is 11.0 Å². The Morgan fingerprint density at radius 2 is 1.70 bits per heavy atom. The number of thioether (sulfide) groups is 1. The Bertz CT molecular complexity index is 867. The number of benzene rings is 2. The lowest BCUT2D eigenvalue weighted by molar-refractivity contribution is 0.592. The van der Waals surface area contributed by atoms with Crippen molar-refractivity contribution in [3.05, 3.63) is 59.7 Å². The highest BCUT2D eigenvalue weighted by atomic mass is 127. The van der Waals surface area contributed by atoms with E-state index in [4.69, 9.17) is 9.98 Å². The quantitative estimate of drug-likeness (QED) is 0.449. The van der Waals surface area contributed by atoms with Crippen LogP contribution in [-0.2, 0) is 0 Å². The molecule has 0 saturated heterocycles. The van der Waals surface area contributed by atoms with Gasteiger partial charge in [-0.1, -0.05) is 54.4 Å². The molecule has 0 radical (unpaired) electrons. The average molecular weight is 491 g/mol. The van der Waals surface area contributed by atoms with Crippen LogP contribution in [0.1, 0.15) is 36.8 Å². The van der Waals surface area contributed by atoms with Crippen LogP contribution < -0.4 is 4.90 Å². The fourth-order valence-corrected chi connectivity index (χ4v) is 4.71. The van der Waals surface area contributed by atoms with Crippen LogP contribution in [0.5, 0.6) is 0 Å². The smallest absolute Gasteiger partial charge is 0.170 e. The minimum Gasteiger partial charge on any atom is -0.307 e. The van der Waals surface area contributed by atoms with Crippen molar-refractivity contribution in [1.29, 1.82) is 0 Å². The van der Waals surface area contributed by atoms with Crippen molar-refractivity contribution in [2.75, 3.05) is 11.2 Å². The van der Waals surface area contributed by atoms with Crippen molar-refractivity contribution < 1.29 is 0 Å². The zero-order valence-electron chi connectivity index (χ0n) is 16.1. The lowest BCUT2D eigenvalue weighted by Gasteiger charge is -2.36. The van der Waals surface area contributed by atoms with E-state index in [-0.39, 0.29) is 29.5 Å². The standard InChI is InChI=1S/C22H25N3S.HI/c1-16-9-11-19(12-10-16)25-21(26-3)24-20(22(25)13-4-5-14-22)23-18-8-6-7-17(2)15-18;/h6-12,15H,4-5,13-14H2,1-3H3;1H. The average Bonchev–Trinajstić information content (AvgIpc) is 3.23. The highest BCUT2D eigenvalue weighted by molar-refractivity contribution is 14.0. The van der Waals surface area contributed by atoms with Crippen LogP contribution in [0.3, 0.4) is 0 Å². The minimum atomic E-state index is -0.0999. The van der Waals surface area contributed by atoms with Gasteiger partial charge in [0.2, 0.25) is 0 Å². The molecule has 1 heterocycles. The minimum absolute atomic E-state index is 0. The number of nitrogens with zero attached hydrogens (tertiary/aromatic N) is 3. The van der Waals surface area contributed by atoms with Crippen LogP contribution in [0.15, 0.2) is 58.5 Å². The van der Waals surface area contributed by atoms with E-state index in [0.29, 0.717) is 0 Å². The Morgan fingerprint density at radius 3 is 2.33 bits per heavy atom. The van der Waals surface area contributed by atoms with E-state index in [1.54, 1.807) is 11.8 Å². The van der Waals surface area contributed by atoms with Crippen molar-refractivity contribution >= 4 is 58.1 Å². The highest BCUT2D eigenvalue weighted by Crippen LogP contribution is 2.45. The maximum atomic E-state index is 5.02. The maximum Gasteiger partial charge on any atom is 0.170 e. The van der Waals surface area contributed by atoms with Crippen molar-refractivity contribution in [1.82, 2.24) is 0 Å². The van der Waals surface area contributed by atoms with Gasteiger partial charge in [-0.2, -0.15) is 0 Å². The van der Waals surface area contributed by atoms with Gasteiger partial charge in [0.05, 0.1) is 5.69 Å². The van der Waals surface area contributed by atoms with E-state index in [0.717, 1.165) is 29.5 Å². The zero-order chi connectivity index (χ0) is 18.1. The molecule has 0 N–H and O–H groups in total. The molecule has 1 spiro atoms. The molecule has 1 aliphatic heterocycles. The number of hydrogen-bond donors (Lipinski definition) is 0. The molecule has 3 nitrogen and oxygen atoms in total. The van der Waals surface area contributed by atoms with Gasteiger partial charge >= 0.3 is 0 Å². The zero-order valence-corrected chi connectivity index (χ0v) is 19.3. The summed E-state index contributed by atoms with van der Waals surface area (Å²) < 4.78 is 0. The maximum absolute atomic E-state index is 5.02. The van der Waals surface area contributed by atoms with Crippen LogP contribution in [0, 0.1) is 13.8 Å². The van der Waals surface area contributed by atoms with Gasteiger partial charge in [0.1, 0.15) is 5.54 Å². The summed E-state index contributed by atoms with van der Waals surface area (Å²) in [7, 11) is 0. The number of aryl methyl sites for hydroxylation is 2. The Hall–Kier alpha value is -1.34. The molecule has 5 heteroatoms. The second-order valence-corrected chi connectivity index (χ2v) is 8.06. The third-order valence-corrected chi connectivity index (χ3v) is 6.02. The molecule has 2 aromatic rings. The van der Waals surface area contributed by atoms with Gasteiger partial charge in [-0.25, -0.2) is 9.98 Å². The lowest BCUT2D eigenvalue weighted by Crippen LogP contribution is -2.49. The molecule has 0 atom stereocenters. The third-order valence-electron chi connectivity index (χ3n) is 5.38. The van der Waals surface area contributed by atoms with Gasteiger partial charge in [-0.3, -0.25) is 0 Å². The van der Waals surface area contributed by atoms with Crippen LogP contribution in [-0.4, -0.2) is 22.8 Å². The summed E-state index contributed by atoms with van der Waals surface area (Å²) >= 11 is 1.71. The lowest BCUT2D eigenvalue weighted by atomic mass is 9.94. The fraction of sp³-hybridized carbons (Fsp3) is 0.364. The summed E-state index contributed by atoms with van der Waals surface area (Å²) in [5.74, 6) is 0.977. The molecule has 1 fully saturated rings. The molecule has 0 bridgehead atoms. The first-order chi connectivity index (χ1) is 12.6. The monoisotopic (exact) mass is 491 g/mol. The van der Waals surface area contributed by atoms with Gasteiger partial charge in [0.25, 0.3) is 0 Å². The van der Waals surface area contributed by atoms with E-state index in [2.05, 4.69) is 73.5 Å². The van der Waals surface area contributed by atoms with Crippen LogP contribution in [0.2, 0.25) is 0 Å². The first-order valence-corrected chi connectivity index (χ1v) is 10.5. The van der Waals surface area contributed by atoms with Crippen LogP contribution in [0.25, 0.3) is 0 Å². The summed E-state index contributed by atoms with van der Waals surface area (Å²) in [5.41, 5.74) is 4.64. The molecular weight excluding hydrogens is 465 g/mol. The molecule has 1 saturated carbocycles. The number of halogens is 1. The predicted molar refractivity (Wildman–Crippen MR) is 129 cm³/mol. The number of amidine groups is 2. The molecule has 142 valence electrons. The topological polar surface area (TPSA) is 28.0 Å². The van der Waals surface area contributed by atoms with Crippen LogP contribution in [0.4, 0.5) is 11.4 Å². The third kappa shape index (κ3) is 3.81. The Balaban J connectivity index is 0.00000210. The number of hydrogen-bond acceptors (Lipinski definition) is 3. The summed E-state index contributed by atoms with van der Waals surface area (Å²) in [6, 6.07) is 17.2. The number of rotatable bonds is 2.